The summed E-state index contributed by atoms with van der Waals surface area (Å²) in [5.74, 6) is 0.112. The Morgan fingerprint density at radius 2 is 1.92 bits per heavy atom. The summed E-state index contributed by atoms with van der Waals surface area (Å²) >= 11 is 0. The highest BCUT2D eigenvalue weighted by atomic mass is 16.2. The molecule has 0 aliphatic carbocycles. The topological polar surface area (TPSA) is 45.8 Å². The number of hydrogen-bond acceptors (Lipinski definition) is 3. The minimum Gasteiger partial charge on any atom is -0.337 e. The van der Waals surface area contributed by atoms with Crippen molar-refractivity contribution in [2.75, 3.05) is 33.2 Å². The van der Waals surface area contributed by atoms with Gasteiger partial charge in [0.25, 0.3) is 5.91 Å². The molecule has 6 nitrogen and oxygen atoms in total. The van der Waals surface area contributed by atoms with Gasteiger partial charge >= 0.3 is 0 Å². The summed E-state index contributed by atoms with van der Waals surface area (Å²) in [5, 5.41) is 4.51. The highest BCUT2D eigenvalue weighted by molar-refractivity contribution is 6.02. The second kappa shape index (κ2) is 6.37. The van der Waals surface area contributed by atoms with Crippen LogP contribution in [-0.2, 0) is 7.05 Å². The van der Waals surface area contributed by atoms with Crippen LogP contribution in [0.25, 0.3) is 16.9 Å². The first kappa shape index (κ1) is 15.9. The molecule has 4 rings (SSSR count). The van der Waals surface area contributed by atoms with Crippen LogP contribution in [0.1, 0.15) is 16.8 Å². The van der Waals surface area contributed by atoms with Crippen LogP contribution in [0.4, 0.5) is 0 Å². The molecule has 6 heteroatoms. The van der Waals surface area contributed by atoms with Crippen molar-refractivity contribution in [1.82, 2.24) is 24.0 Å². The SMILES string of the molecule is CN1CCCN(C(=O)c2cc(-c3ccn(C)n3)n3ccccc23)CC1. The third-order valence-corrected chi connectivity index (χ3v) is 4.89. The number of amides is 1. The van der Waals surface area contributed by atoms with E-state index in [1.807, 2.05) is 54.7 Å². The van der Waals surface area contributed by atoms with E-state index in [9.17, 15) is 4.79 Å². The monoisotopic (exact) mass is 337 g/mol. The molecule has 1 fully saturated rings. The zero-order valence-corrected chi connectivity index (χ0v) is 14.7. The highest BCUT2D eigenvalue weighted by Crippen LogP contribution is 2.26. The third kappa shape index (κ3) is 2.93. The summed E-state index contributed by atoms with van der Waals surface area (Å²) in [4.78, 5) is 17.5. The Kier molecular flexibility index (Phi) is 4.05. The number of rotatable bonds is 2. The molecule has 130 valence electrons. The number of aromatic nitrogens is 3. The van der Waals surface area contributed by atoms with Gasteiger partial charge in [0.15, 0.2) is 0 Å². The Morgan fingerprint density at radius 1 is 1.04 bits per heavy atom. The lowest BCUT2D eigenvalue weighted by Crippen LogP contribution is -2.34. The number of nitrogens with zero attached hydrogens (tertiary/aromatic N) is 5. The van der Waals surface area contributed by atoms with Gasteiger partial charge in [-0.25, -0.2) is 0 Å². The summed E-state index contributed by atoms with van der Waals surface area (Å²) in [5.41, 5.74) is 3.52. The maximum Gasteiger partial charge on any atom is 0.256 e. The summed E-state index contributed by atoms with van der Waals surface area (Å²) in [7, 11) is 4.01. The summed E-state index contributed by atoms with van der Waals surface area (Å²) < 4.78 is 3.84. The van der Waals surface area contributed by atoms with Crippen molar-refractivity contribution in [2.24, 2.45) is 7.05 Å². The third-order valence-electron chi connectivity index (χ3n) is 4.89. The van der Waals surface area contributed by atoms with Crippen LogP contribution in [0.15, 0.2) is 42.7 Å². The molecule has 0 unspecified atom stereocenters. The van der Waals surface area contributed by atoms with Crippen LogP contribution in [0.2, 0.25) is 0 Å². The fourth-order valence-electron chi connectivity index (χ4n) is 3.49. The van der Waals surface area contributed by atoms with E-state index in [-0.39, 0.29) is 5.91 Å². The fraction of sp³-hybridized carbons (Fsp3) is 0.368. The van der Waals surface area contributed by atoms with Gasteiger partial charge in [-0.2, -0.15) is 5.10 Å². The van der Waals surface area contributed by atoms with E-state index in [0.717, 1.165) is 55.1 Å². The molecule has 0 saturated carbocycles. The zero-order valence-electron chi connectivity index (χ0n) is 14.7. The van der Waals surface area contributed by atoms with E-state index in [2.05, 4.69) is 21.4 Å². The van der Waals surface area contributed by atoms with Crippen molar-refractivity contribution in [3.63, 3.8) is 0 Å². The van der Waals surface area contributed by atoms with Gasteiger partial charge in [-0.1, -0.05) is 6.07 Å². The molecule has 1 aliphatic rings. The van der Waals surface area contributed by atoms with Crippen molar-refractivity contribution in [3.05, 3.63) is 48.3 Å². The Hall–Kier alpha value is -2.60. The average Bonchev–Trinajstić information content (AvgIpc) is 3.14. The standard InChI is InChI=1S/C19H23N5O/c1-21-8-5-9-23(13-12-21)19(25)15-14-18(16-7-11-22(2)20-16)24-10-4-3-6-17(15)24/h3-4,6-7,10-11,14H,5,8-9,12-13H2,1-2H3. The highest BCUT2D eigenvalue weighted by Gasteiger charge is 2.23. The smallest absolute Gasteiger partial charge is 0.256 e. The molecule has 0 aromatic carbocycles. The summed E-state index contributed by atoms with van der Waals surface area (Å²) in [6.07, 6.45) is 4.93. The van der Waals surface area contributed by atoms with Crippen molar-refractivity contribution in [3.8, 4) is 11.4 Å². The van der Waals surface area contributed by atoms with Crippen molar-refractivity contribution < 1.29 is 4.79 Å². The van der Waals surface area contributed by atoms with Gasteiger partial charge in [0, 0.05) is 39.1 Å². The first-order valence-electron chi connectivity index (χ1n) is 8.71. The Labute approximate surface area is 147 Å². The number of aryl methyl sites for hydroxylation is 1. The second-order valence-corrected chi connectivity index (χ2v) is 6.72. The minimum atomic E-state index is 0.112. The van der Waals surface area contributed by atoms with Crippen LogP contribution >= 0.6 is 0 Å². The molecule has 3 aromatic rings. The number of pyridine rings is 1. The maximum atomic E-state index is 13.2. The first-order chi connectivity index (χ1) is 12.1. The quantitative estimate of drug-likeness (QED) is 0.720. The molecular weight excluding hydrogens is 314 g/mol. The molecule has 0 radical (unpaired) electrons. The molecule has 1 amide bonds. The average molecular weight is 337 g/mol. The van der Waals surface area contributed by atoms with Crippen LogP contribution < -0.4 is 0 Å². The molecule has 3 aromatic heterocycles. The lowest BCUT2D eigenvalue weighted by atomic mass is 10.2. The Bertz CT molecular complexity index is 910. The lowest BCUT2D eigenvalue weighted by Gasteiger charge is -2.20. The normalized spacial score (nSPS) is 16.3. The second-order valence-electron chi connectivity index (χ2n) is 6.72. The Balaban J connectivity index is 1.76. The van der Waals surface area contributed by atoms with Gasteiger partial charge in [-0.3, -0.25) is 9.48 Å². The van der Waals surface area contributed by atoms with E-state index in [0.29, 0.717) is 0 Å². The number of carbonyl (C=O) groups is 1. The van der Waals surface area contributed by atoms with Gasteiger partial charge in [0.1, 0.15) is 5.69 Å². The molecule has 0 spiro atoms. The Morgan fingerprint density at radius 3 is 2.72 bits per heavy atom. The van der Waals surface area contributed by atoms with Crippen LogP contribution in [0, 0.1) is 0 Å². The predicted octanol–water partition coefficient (Wildman–Crippen LogP) is 2.12. The van der Waals surface area contributed by atoms with Gasteiger partial charge in [-0.15, -0.1) is 0 Å². The minimum absolute atomic E-state index is 0.112. The first-order valence-corrected chi connectivity index (χ1v) is 8.71. The number of likely N-dealkylation sites (N-methyl/N-ethyl adjacent to an activating group) is 1. The van der Waals surface area contributed by atoms with Crippen molar-refractivity contribution in [1.29, 1.82) is 0 Å². The largest absolute Gasteiger partial charge is 0.337 e. The fourth-order valence-corrected chi connectivity index (χ4v) is 3.49. The molecule has 1 saturated heterocycles. The van der Waals surface area contributed by atoms with Crippen LogP contribution in [0.5, 0.6) is 0 Å². The van der Waals surface area contributed by atoms with E-state index >= 15 is 0 Å². The van der Waals surface area contributed by atoms with Crippen LogP contribution in [-0.4, -0.2) is 63.1 Å². The van der Waals surface area contributed by atoms with E-state index in [4.69, 9.17) is 0 Å². The van der Waals surface area contributed by atoms with Crippen molar-refractivity contribution in [2.45, 2.75) is 6.42 Å². The van der Waals surface area contributed by atoms with Crippen LogP contribution in [0.3, 0.4) is 0 Å². The van der Waals surface area contributed by atoms with Gasteiger partial charge in [-0.05, 0) is 44.3 Å². The van der Waals surface area contributed by atoms with Gasteiger partial charge in [0.05, 0.1) is 16.8 Å². The maximum absolute atomic E-state index is 13.2. The number of fused-ring (bicyclic) bond motifs is 1. The molecule has 1 aliphatic heterocycles. The zero-order chi connectivity index (χ0) is 17.4. The lowest BCUT2D eigenvalue weighted by molar-refractivity contribution is 0.0765. The summed E-state index contributed by atoms with van der Waals surface area (Å²) in [6.45, 7) is 3.55. The van der Waals surface area contributed by atoms with E-state index in [1.165, 1.54) is 0 Å². The number of hydrogen-bond donors (Lipinski definition) is 0. The van der Waals surface area contributed by atoms with Crippen molar-refractivity contribution >= 4 is 11.4 Å². The molecular formula is C19H23N5O. The van der Waals surface area contributed by atoms with Gasteiger partial charge < -0.3 is 14.2 Å². The van der Waals surface area contributed by atoms with E-state index in [1.54, 1.807) is 4.68 Å². The molecule has 0 bridgehead atoms. The molecule has 25 heavy (non-hydrogen) atoms. The van der Waals surface area contributed by atoms with E-state index < -0.39 is 0 Å². The molecule has 0 atom stereocenters. The molecule has 4 heterocycles. The number of carbonyl (C=O) groups excluding carboxylic acids is 1. The predicted molar refractivity (Wildman–Crippen MR) is 97.6 cm³/mol. The molecule has 0 N–H and O–H groups in total. The summed E-state index contributed by atoms with van der Waals surface area (Å²) in [6, 6.07) is 9.92. The van der Waals surface area contributed by atoms with Gasteiger partial charge in [0.2, 0.25) is 0 Å².